The van der Waals surface area contributed by atoms with Crippen molar-refractivity contribution in [3.05, 3.63) is 112 Å². The van der Waals surface area contributed by atoms with E-state index in [-0.39, 0.29) is 6.04 Å². The van der Waals surface area contributed by atoms with Crippen LogP contribution in [0.3, 0.4) is 0 Å². The SMILES string of the molecule is C=C(N[C@H](C)c1ccc(C(=C2CC3(C2)CN(C)C3)c2ccc(C)cc2)cc1)C1=CNCC(CC2CCCC2)=C1. The van der Waals surface area contributed by atoms with Crippen LogP contribution in [0.15, 0.2) is 89.8 Å². The van der Waals surface area contributed by atoms with E-state index in [1.807, 2.05) is 0 Å². The summed E-state index contributed by atoms with van der Waals surface area (Å²) >= 11 is 0. The van der Waals surface area contributed by atoms with Crippen molar-refractivity contribution in [1.29, 1.82) is 0 Å². The number of allylic oxidation sites excluding steroid dienone is 2. The highest BCUT2D eigenvalue weighted by Gasteiger charge is 2.49. The van der Waals surface area contributed by atoms with E-state index >= 15 is 0 Å². The molecule has 1 saturated heterocycles. The molecule has 1 atom stereocenters. The Kier molecular flexibility index (Phi) is 7.29. The van der Waals surface area contributed by atoms with Gasteiger partial charge in [-0.1, -0.05) is 104 Å². The molecule has 2 aliphatic heterocycles. The molecule has 2 N–H and O–H groups in total. The van der Waals surface area contributed by atoms with E-state index in [2.05, 4.69) is 104 Å². The van der Waals surface area contributed by atoms with E-state index in [0.29, 0.717) is 5.41 Å². The van der Waals surface area contributed by atoms with Gasteiger partial charge in [-0.2, -0.15) is 0 Å². The van der Waals surface area contributed by atoms with Crippen molar-refractivity contribution in [3.8, 4) is 0 Å². The number of dihydropyridines is 1. The third-order valence-corrected chi connectivity index (χ3v) is 9.49. The zero-order chi connectivity index (χ0) is 27.0. The first-order chi connectivity index (χ1) is 18.9. The molecule has 4 aliphatic rings. The largest absolute Gasteiger partial charge is 0.387 e. The highest BCUT2D eigenvalue weighted by atomic mass is 15.2. The Labute approximate surface area is 235 Å². The summed E-state index contributed by atoms with van der Waals surface area (Å²) in [5.74, 6) is 0.872. The molecule has 2 heterocycles. The van der Waals surface area contributed by atoms with E-state index in [4.69, 9.17) is 0 Å². The second-order valence-corrected chi connectivity index (χ2v) is 13.0. The van der Waals surface area contributed by atoms with Crippen LogP contribution in [0.1, 0.15) is 80.2 Å². The van der Waals surface area contributed by atoms with Crippen molar-refractivity contribution < 1.29 is 0 Å². The third kappa shape index (κ3) is 5.65. The van der Waals surface area contributed by atoms with E-state index in [0.717, 1.165) is 18.2 Å². The molecule has 2 saturated carbocycles. The molecule has 0 radical (unpaired) electrons. The van der Waals surface area contributed by atoms with Crippen LogP contribution in [0.2, 0.25) is 0 Å². The van der Waals surface area contributed by atoms with Crippen molar-refractivity contribution >= 4 is 5.57 Å². The number of nitrogens with one attached hydrogen (secondary N) is 2. The van der Waals surface area contributed by atoms with Gasteiger partial charge in [0.2, 0.25) is 0 Å². The van der Waals surface area contributed by atoms with Crippen LogP contribution in [0.5, 0.6) is 0 Å². The lowest BCUT2D eigenvalue weighted by Gasteiger charge is -2.56. The Bertz CT molecular complexity index is 1290. The number of benzene rings is 2. The zero-order valence-corrected chi connectivity index (χ0v) is 24.2. The van der Waals surface area contributed by atoms with E-state index in [9.17, 15) is 0 Å². The van der Waals surface area contributed by atoms with Crippen molar-refractivity contribution in [1.82, 2.24) is 15.5 Å². The number of likely N-dealkylation sites (tertiary alicyclic amines) is 1. The van der Waals surface area contributed by atoms with Gasteiger partial charge in [0.1, 0.15) is 0 Å². The van der Waals surface area contributed by atoms with Gasteiger partial charge in [0.25, 0.3) is 0 Å². The summed E-state index contributed by atoms with van der Waals surface area (Å²) in [7, 11) is 2.24. The molecule has 39 heavy (non-hydrogen) atoms. The standard InChI is InChI=1S/C36H45N3/c1-25-9-11-31(12-10-25)35(34-19-36(20-34)23-39(4)24-36)32-15-13-30(14-16-32)26(2)38-27(3)33-18-29(21-37-22-33)17-28-7-5-6-8-28/h9-16,18,22,26,28,37-38H,3,5-8,17,19-21,23-24H2,1-2,4H3/t26-/m1/s1. The summed E-state index contributed by atoms with van der Waals surface area (Å²) in [6.45, 7) is 12.3. The molecule has 0 aromatic heterocycles. The number of aryl methyl sites for hydroxylation is 1. The van der Waals surface area contributed by atoms with E-state index in [1.165, 1.54) is 97.0 Å². The Hall–Kier alpha value is -3.04. The molecule has 2 aromatic rings. The van der Waals surface area contributed by atoms with Crippen LogP contribution in [0.4, 0.5) is 0 Å². The highest BCUT2D eigenvalue weighted by molar-refractivity contribution is 5.83. The van der Waals surface area contributed by atoms with Gasteiger partial charge in [-0.15, -0.1) is 0 Å². The monoisotopic (exact) mass is 519 g/mol. The topological polar surface area (TPSA) is 27.3 Å². The lowest BCUT2D eigenvalue weighted by atomic mass is 9.59. The molecule has 1 spiro atoms. The molecule has 2 aliphatic carbocycles. The van der Waals surface area contributed by atoms with Gasteiger partial charge < -0.3 is 15.5 Å². The third-order valence-electron chi connectivity index (χ3n) is 9.49. The Balaban J connectivity index is 1.15. The molecule has 0 amide bonds. The Morgan fingerprint density at radius 2 is 1.67 bits per heavy atom. The maximum absolute atomic E-state index is 4.40. The average Bonchev–Trinajstić information content (AvgIpc) is 3.41. The number of nitrogens with zero attached hydrogens (tertiary/aromatic N) is 1. The van der Waals surface area contributed by atoms with Crippen LogP contribution in [-0.4, -0.2) is 31.6 Å². The fourth-order valence-electron chi connectivity index (χ4n) is 7.51. The molecule has 3 heteroatoms. The van der Waals surface area contributed by atoms with Gasteiger partial charge in [0.15, 0.2) is 0 Å². The maximum atomic E-state index is 4.40. The van der Waals surface area contributed by atoms with Gasteiger partial charge in [0.05, 0.1) is 0 Å². The summed E-state index contributed by atoms with van der Waals surface area (Å²) < 4.78 is 0. The Morgan fingerprint density at radius 3 is 2.31 bits per heavy atom. The van der Waals surface area contributed by atoms with Gasteiger partial charge in [-0.05, 0) is 68.3 Å². The minimum atomic E-state index is 0.189. The first-order valence-corrected chi connectivity index (χ1v) is 15.0. The summed E-state index contributed by atoms with van der Waals surface area (Å²) in [6.07, 6.45) is 13.8. The first-order valence-electron chi connectivity index (χ1n) is 15.0. The number of rotatable bonds is 8. The fraction of sp³-hybridized carbons (Fsp3) is 0.444. The Morgan fingerprint density at radius 1 is 1.03 bits per heavy atom. The number of hydrogen-bond donors (Lipinski definition) is 2. The minimum absolute atomic E-state index is 0.189. The summed E-state index contributed by atoms with van der Waals surface area (Å²) in [4.78, 5) is 2.45. The zero-order valence-electron chi connectivity index (χ0n) is 24.2. The molecule has 6 rings (SSSR count). The normalized spacial score (nSPS) is 21.4. The summed E-state index contributed by atoms with van der Waals surface area (Å²) in [5, 5.41) is 7.17. The van der Waals surface area contributed by atoms with Crippen molar-refractivity contribution in [3.63, 3.8) is 0 Å². The minimum Gasteiger partial charge on any atom is -0.387 e. The van der Waals surface area contributed by atoms with Gasteiger partial charge >= 0.3 is 0 Å². The maximum Gasteiger partial charge on any atom is 0.0485 e. The molecule has 3 nitrogen and oxygen atoms in total. The van der Waals surface area contributed by atoms with Crippen LogP contribution in [-0.2, 0) is 0 Å². The fourth-order valence-corrected chi connectivity index (χ4v) is 7.51. The van der Waals surface area contributed by atoms with Crippen LogP contribution in [0, 0.1) is 18.3 Å². The van der Waals surface area contributed by atoms with Crippen molar-refractivity contribution in [2.24, 2.45) is 11.3 Å². The van der Waals surface area contributed by atoms with Gasteiger partial charge in [-0.3, -0.25) is 0 Å². The molecule has 204 valence electrons. The average molecular weight is 520 g/mol. The van der Waals surface area contributed by atoms with Crippen LogP contribution < -0.4 is 10.6 Å². The lowest BCUT2D eigenvalue weighted by Crippen LogP contribution is -2.58. The molecule has 3 fully saturated rings. The van der Waals surface area contributed by atoms with Crippen LogP contribution >= 0.6 is 0 Å². The lowest BCUT2D eigenvalue weighted by molar-refractivity contribution is -0.0106. The molecular formula is C36H45N3. The summed E-state index contributed by atoms with van der Waals surface area (Å²) in [5.41, 5.74) is 12.6. The molecule has 0 unspecified atom stereocenters. The van der Waals surface area contributed by atoms with Gasteiger partial charge in [-0.25, -0.2) is 0 Å². The van der Waals surface area contributed by atoms with Crippen molar-refractivity contribution in [2.75, 3.05) is 26.7 Å². The smallest absolute Gasteiger partial charge is 0.0485 e. The molecular weight excluding hydrogens is 474 g/mol. The molecule has 2 aromatic carbocycles. The van der Waals surface area contributed by atoms with E-state index in [1.54, 1.807) is 5.57 Å². The van der Waals surface area contributed by atoms with Gasteiger partial charge in [0, 0.05) is 48.6 Å². The van der Waals surface area contributed by atoms with Crippen molar-refractivity contribution in [2.45, 2.75) is 64.8 Å². The second kappa shape index (κ2) is 10.8. The summed E-state index contributed by atoms with van der Waals surface area (Å²) in [6, 6.07) is 18.6. The van der Waals surface area contributed by atoms with E-state index < -0.39 is 0 Å². The molecule has 0 bridgehead atoms. The second-order valence-electron chi connectivity index (χ2n) is 13.0. The predicted octanol–water partition coefficient (Wildman–Crippen LogP) is 7.68. The number of hydrogen-bond acceptors (Lipinski definition) is 3. The highest BCUT2D eigenvalue weighted by Crippen LogP contribution is 2.54. The predicted molar refractivity (Wildman–Crippen MR) is 164 cm³/mol. The van der Waals surface area contributed by atoms with Crippen LogP contribution in [0.25, 0.3) is 5.57 Å². The first kappa shape index (κ1) is 26.2. The quantitative estimate of drug-likeness (QED) is 0.374.